The molecule has 0 saturated heterocycles. The van der Waals surface area contributed by atoms with E-state index in [1.807, 2.05) is 30.3 Å². The topological polar surface area (TPSA) is 40.2 Å². The van der Waals surface area contributed by atoms with E-state index in [1.54, 1.807) is 0 Å². The summed E-state index contributed by atoms with van der Waals surface area (Å²) >= 11 is 0. The molecule has 0 saturated carbocycles. The van der Waals surface area contributed by atoms with Gasteiger partial charge in [-0.3, -0.25) is 0 Å². The molecule has 1 aromatic heterocycles. The number of fused-ring (bicyclic) bond motifs is 1. The van der Waals surface area contributed by atoms with E-state index in [2.05, 4.69) is 36.2 Å². The highest BCUT2D eigenvalue weighted by Crippen LogP contribution is 2.25. The van der Waals surface area contributed by atoms with Crippen LogP contribution >= 0.6 is 0 Å². The van der Waals surface area contributed by atoms with E-state index in [1.165, 1.54) is 10.9 Å². The SMILES string of the molecule is Cc1cc(-c2ccccc2N)[nH+]c2ccccc12. The van der Waals surface area contributed by atoms with Gasteiger partial charge in [0.2, 0.25) is 11.2 Å². The maximum atomic E-state index is 6.03. The van der Waals surface area contributed by atoms with Crippen molar-refractivity contribution in [2.75, 3.05) is 5.73 Å². The predicted molar refractivity (Wildman–Crippen MR) is 75.1 cm³/mol. The number of rotatable bonds is 1. The molecule has 2 aromatic carbocycles. The Morgan fingerprint density at radius 2 is 1.67 bits per heavy atom. The van der Waals surface area contributed by atoms with E-state index in [-0.39, 0.29) is 0 Å². The van der Waals surface area contributed by atoms with Gasteiger partial charge in [-0.2, -0.15) is 0 Å². The predicted octanol–water partition coefficient (Wildman–Crippen LogP) is 3.21. The summed E-state index contributed by atoms with van der Waals surface area (Å²) in [6, 6.07) is 18.4. The third kappa shape index (κ3) is 1.72. The number of hydrogen-bond acceptors (Lipinski definition) is 1. The van der Waals surface area contributed by atoms with Crippen LogP contribution in [0, 0.1) is 6.92 Å². The van der Waals surface area contributed by atoms with Crippen LogP contribution < -0.4 is 10.7 Å². The van der Waals surface area contributed by atoms with Crippen LogP contribution in [0.3, 0.4) is 0 Å². The van der Waals surface area contributed by atoms with E-state index in [0.29, 0.717) is 0 Å². The molecule has 2 heteroatoms. The lowest BCUT2D eigenvalue weighted by molar-refractivity contribution is -0.331. The largest absolute Gasteiger partial charge is 0.398 e. The van der Waals surface area contributed by atoms with Gasteiger partial charge in [0, 0.05) is 23.2 Å². The summed E-state index contributed by atoms with van der Waals surface area (Å²) in [6.07, 6.45) is 0. The molecule has 18 heavy (non-hydrogen) atoms. The Bertz CT molecular complexity index is 717. The first-order chi connectivity index (χ1) is 8.75. The Kier molecular flexibility index (Phi) is 2.49. The number of aromatic amines is 1. The molecular weight excluding hydrogens is 220 g/mol. The molecule has 0 radical (unpaired) electrons. The van der Waals surface area contributed by atoms with Crippen LogP contribution in [0.4, 0.5) is 5.69 Å². The number of nitrogen functional groups attached to an aromatic ring is 1. The van der Waals surface area contributed by atoms with Crippen molar-refractivity contribution in [3.63, 3.8) is 0 Å². The molecule has 0 fully saturated rings. The average molecular weight is 235 g/mol. The minimum Gasteiger partial charge on any atom is -0.398 e. The number of H-pyrrole nitrogens is 1. The highest BCUT2D eigenvalue weighted by atomic mass is 14.7. The van der Waals surface area contributed by atoms with Crippen LogP contribution in [0.2, 0.25) is 0 Å². The third-order valence-corrected chi connectivity index (χ3v) is 3.23. The molecule has 0 aliphatic rings. The minimum absolute atomic E-state index is 0.795. The van der Waals surface area contributed by atoms with Crippen molar-refractivity contribution in [1.82, 2.24) is 0 Å². The monoisotopic (exact) mass is 235 g/mol. The van der Waals surface area contributed by atoms with Crippen molar-refractivity contribution in [3.05, 3.63) is 60.2 Å². The van der Waals surface area contributed by atoms with E-state index in [0.717, 1.165) is 22.5 Å². The van der Waals surface area contributed by atoms with Gasteiger partial charge in [-0.25, -0.2) is 4.98 Å². The number of para-hydroxylation sites is 2. The third-order valence-electron chi connectivity index (χ3n) is 3.23. The van der Waals surface area contributed by atoms with Crippen molar-refractivity contribution >= 4 is 16.6 Å². The van der Waals surface area contributed by atoms with E-state index in [9.17, 15) is 0 Å². The average Bonchev–Trinajstić information content (AvgIpc) is 2.39. The van der Waals surface area contributed by atoms with Gasteiger partial charge in [-0.05, 0) is 30.7 Å². The second kappa shape index (κ2) is 4.15. The molecule has 3 rings (SSSR count). The summed E-state index contributed by atoms with van der Waals surface area (Å²) in [6.45, 7) is 2.12. The number of anilines is 1. The molecule has 0 aliphatic carbocycles. The van der Waals surface area contributed by atoms with Crippen molar-refractivity contribution in [3.8, 4) is 11.3 Å². The van der Waals surface area contributed by atoms with Gasteiger partial charge < -0.3 is 5.73 Å². The molecule has 2 nitrogen and oxygen atoms in total. The second-order valence-electron chi connectivity index (χ2n) is 4.50. The first-order valence-corrected chi connectivity index (χ1v) is 6.02. The molecular formula is C16H15N2+. The number of nitrogens with one attached hydrogen (secondary N) is 1. The van der Waals surface area contributed by atoms with Crippen molar-refractivity contribution in [1.29, 1.82) is 0 Å². The van der Waals surface area contributed by atoms with Crippen LogP contribution in [-0.4, -0.2) is 0 Å². The standard InChI is InChI=1S/C16H14N2/c1-11-10-16(13-7-2-4-8-14(13)17)18-15-9-5-3-6-12(11)15/h2-10H,17H2,1H3/p+1. The van der Waals surface area contributed by atoms with E-state index >= 15 is 0 Å². The van der Waals surface area contributed by atoms with Crippen molar-refractivity contribution in [2.24, 2.45) is 0 Å². The number of benzene rings is 2. The van der Waals surface area contributed by atoms with Crippen molar-refractivity contribution in [2.45, 2.75) is 6.92 Å². The molecule has 3 aromatic rings. The molecule has 0 bridgehead atoms. The Hall–Kier alpha value is -2.35. The summed E-state index contributed by atoms with van der Waals surface area (Å²) in [5, 5.41) is 1.25. The fourth-order valence-electron chi connectivity index (χ4n) is 2.30. The lowest BCUT2D eigenvalue weighted by Crippen LogP contribution is -2.10. The van der Waals surface area contributed by atoms with Crippen LogP contribution in [0.25, 0.3) is 22.2 Å². The smallest absolute Gasteiger partial charge is 0.213 e. The van der Waals surface area contributed by atoms with Crippen LogP contribution in [0.5, 0.6) is 0 Å². The summed E-state index contributed by atoms with van der Waals surface area (Å²) in [7, 11) is 0. The highest BCUT2D eigenvalue weighted by molar-refractivity contribution is 5.82. The Morgan fingerprint density at radius 3 is 2.50 bits per heavy atom. The van der Waals surface area contributed by atoms with Crippen molar-refractivity contribution < 1.29 is 4.98 Å². The summed E-state index contributed by atoms with van der Waals surface area (Å²) in [4.78, 5) is 3.44. The maximum absolute atomic E-state index is 6.03. The van der Waals surface area contributed by atoms with Gasteiger partial charge in [0.1, 0.15) is 0 Å². The first-order valence-electron chi connectivity index (χ1n) is 6.02. The first kappa shape index (κ1) is 10.8. The zero-order valence-electron chi connectivity index (χ0n) is 10.3. The highest BCUT2D eigenvalue weighted by Gasteiger charge is 2.12. The van der Waals surface area contributed by atoms with Gasteiger partial charge in [0.05, 0.1) is 5.56 Å². The van der Waals surface area contributed by atoms with Gasteiger partial charge in [-0.15, -0.1) is 0 Å². The zero-order valence-corrected chi connectivity index (χ0v) is 10.3. The number of hydrogen-bond donors (Lipinski definition) is 1. The Labute approximate surface area is 106 Å². The van der Waals surface area contributed by atoms with Gasteiger partial charge >= 0.3 is 0 Å². The lowest BCUT2D eigenvalue weighted by atomic mass is 10.0. The molecule has 1 heterocycles. The number of nitrogens with two attached hydrogens (primary N) is 1. The normalized spacial score (nSPS) is 10.7. The summed E-state index contributed by atoms with van der Waals surface area (Å²) in [5.41, 5.74) is 11.3. The maximum Gasteiger partial charge on any atom is 0.213 e. The zero-order chi connectivity index (χ0) is 12.5. The van der Waals surface area contributed by atoms with Crippen LogP contribution in [0.1, 0.15) is 5.56 Å². The summed E-state index contributed by atoms with van der Waals surface area (Å²) < 4.78 is 0. The van der Waals surface area contributed by atoms with Gasteiger partial charge in [0.15, 0.2) is 0 Å². The van der Waals surface area contributed by atoms with Gasteiger partial charge in [0.25, 0.3) is 0 Å². The molecule has 0 atom stereocenters. The fourth-order valence-corrected chi connectivity index (χ4v) is 2.30. The minimum atomic E-state index is 0.795. The summed E-state index contributed by atoms with van der Waals surface area (Å²) in [5.74, 6) is 0. The number of aryl methyl sites for hydroxylation is 1. The fraction of sp³-hybridized carbons (Fsp3) is 0.0625. The quantitative estimate of drug-likeness (QED) is 0.646. The van der Waals surface area contributed by atoms with E-state index in [4.69, 9.17) is 5.73 Å². The number of pyridine rings is 1. The second-order valence-corrected chi connectivity index (χ2v) is 4.50. The molecule has 0 spiro atoms. The molecule has 0 unspecified atom stereocenters. The Morgan fingerprint density at radius 1 is 0.944 bits per heavy atom. The molecule has 0 aliphatic heterocycles. The molecule has 88 valence electrons. The molecule has 0 amide bonds. The number of aromatic nitrogens is 1. The van der Waals surface area contributed by atoms with Crippen LogP contribution in [-0.2, 0) is 0 Å². The lowest BCUT2D eigenvalue weighted by Gasteiger charge is -2.03. The van der Waals surface area contributed by atoms with Crippen LogP contribution in [0.15, 0.2) is 54.6 Å². The molecule has 3 N–H and O–H groups in total. The van der Waals surface area contributed by atoms with Gasteiger partial charge in [-0.1, -0.05) is 24.3 Å². The van der Waals surface area contributed by atoms with E-state index < -0.39 is 0 Å². The Balaban J connectivity index is 2.28.